The van der Waals surface area contributed by atoms with Crippen LogP contribution in [0, 0.1) is 0 Å². The summed E-state index contributed by atoms with van der Waals surface area (Å²) in [4.78, 5) is 14.5. The summed E-state index contributed by atoms with van der Waals surface area (Å²) in [6, 6.07) is 0. The molecule has 7 heteroatoms. The van der Waals surface area contributed by atoms with Gasteiger partial charge in [0.15, 0.2) is 0 Å². The summed E-state index contributed by atoms with van der Waals surface area (Å²) in [6.07, 6.45) is 5.82. The molecule has 0 saturated heterocycles. The van der Waals surface area contributed by atoms with E-state index in [1.54, 1.807) is 23.4 Å². The summed E-state index contributed by atoms with van der Waals surface area (Å²) in [5.74, 6) is -0.825. The number of rotatable bonds is 6. The van der Waals surface area contributed by atoms with Crippen LogP contribution >= 0.6 is 0 Å². The van der Waals surface area contributed by atoms with Crippen molar-refractivity contribution in [2.24, 2.45) is 0 Å². The zero-order valence-corrected chi connectivity index (χ0v) is 10.2. The summed E-state index contributed by atoms with van der Waals surface area (Å²) in [7, 11) is 0. The number of hydrogen-bond acceptors (Lipinski definition) is 4. The maximum atomic E-state index is 10.5. The van der Waals surface area contributed by atoms with Gasteiger partial charge in [0.2, 0.25) is 0 Å². The van der Waals surface area contributed by atoms with Gasteiger partial charge in [-0.2, -0.15) is 0 Å². The molecule has 0 aliphatic carbocycles. The molecule has 0 unspecified atom stereocenters. The third kappa shape index (κ3) is 2.93. The smallest absolute Gasteiger partial charge is 0.303 e. The molecule has 96 valence electrons. The lowest BCUT2D eigenvalue weighted by atomic mass is 10.2. The predicted molar refractivity (Wildman–Crippen MR) is 63.0 cm³/mol. The van der Waals surface area contributed by atoms with E-state index >= 15 is 0 Å². The highest BCUT2D eigenvalue weighted by Gasteiger charge is 2.06. The molecule has 0 saturated carbocycles. The lowest BCUT2D eigenvalue weighted by Gasteiger charge is -2.03. The molecule has 0 fully saturated rings. The normalized spacial score (nSPS) is 10.7. The Morgan fingerprint density at radius 2 is 2.33 bits per heavy atom. The summed E-state index contributed by atoms with van der Waals surface area (Å²) in [5, 5.41) is 16.5. The van der Waals surface area contributed by atoms with Crippen molar-refractivity contribution in [3.05, 3.63) is 30.1 Å². The summed E-state index contributed by atoms with van der Waals surface area (Å²) in [6.45, 7) is 3.49. The Bertz CT molecular complexity index is 531. The molecule has 2 aromatic heterocycles. The Balaban J connectivity index is 2.00. The van der Waals surface area contributed by atoms with Gasteiger partial charge in [0.05, 0.1) is 36.9 Å². The largest absolute Gasteiger partial charge is 0.481 e. The van der Waals surface area contributed by atoms with Crippen LogP contribution in [0.3, 0.4) is 0 Å². The Kier molecular flexibility index (Phi) is 3.71. The van der Waals surface area contributed by atoms with E-state index in [0.717, 1.165) is 12.2 Å². The van der Waals surface area contributed by atoms with E-state index in [-0.39, 0.29) is 6.42 Å². The third-order valence-electron chi connectivity index (χ3n) is 2.64. The van der Waals surface area contributed by atoms with Crippen molar-refractivity contribution in [3.63, 3.8) is 0 Å². The minimum atomic E-state index is -0.825. The fourth-order valence-electron chi connectivity index (χ4n) is 1.70. The van der Waals surface area contributed by atoms with Crippen molar-refractivity contribution in [2.75, 3.05) is 0 Å². The van der Waals surface area contributed by atoms with Gasteiger partial charge in [-0.15, -0.1) is 5.10 Å². The van der Waals surface area contributed by atoms with Crippen LogP contribution in [0.4, 0.5) is 0 Å². The van der Waals surface area contributed by atoms with Crippen LogP contribution in [-0.2, 0) is 24.3 Å². The molecular formula is C11H15N5O2. The number of nitrogens with zero attached hydrogens (tertiary/aromatic N) is 5. The molecule has 18 heavy (non-hydrogen) atoms. The maximum Gasteiger partial charge on any atom is 0.303 e. The fraction of sp³-hybridized carbons (Fsp3) is 0.455. The Morgan fingerprint density at radius 1 is 1.50 bits per heavy atom. The second-order valence-corrected chi connectivity index (χ2v) is 3.97. The lowest BCUT2D eigenvalue weighted by molar-refractivity contribution is -0.136. The standard InChI is InChI=1S/C11H15N5O2/c1-2-15-8-12-5-10(15)7-16-6-9(13-14-16)3-4-11(17)18/h5-6,8H,2-4,7H2,1H3,(H,17,18). The first-order valence-corrected chi connectivity index (χ1v) is 5.79. The van der Waals surface area contributed by atoms with Gasteiger partial charge in [-0.25, -0.2) is 9.67 Å². The predicted octanol–water partition coefficient (Wildman–Crippen LogP) is 0.560. The molecule has 2 rings (SSSR count). The lowest BCUT2D eigenvalue weighted by Crippen LogP contribution is -2.06. The monoisotopic (exact) mass is 249 g/mol. The summed E-state index contributed by atoms with van der Waals surface area (Å²) in [5.41, 5.74) is 1.74. The molecule has 0 bridgehead atoms. The highest BCUT2D eigenvalue weighted by atomic mass is 16.4. The van der Waals surface area contributed by atoms with E-state index < -0.39 is 5.97 Å². The van der Waals surface area contributed by atoms with Crippen LogP contribution in [0.15, 0.2) is 18.7 Å². The highest BCUT2D eigenvalue weighted by molar-refractivity contribution is 5.66. The number of aromatic nitrogens is 5. The van der Waals surface area contributed by atoms with Crippen LogP contribution in [0.1, 0.15) is 24.7 Å². The van der Waals surface area contributed by atoms with Crippen LogP contribution in [0.25, 0.3) is 0 Å². The number of carboxylic acid groups (broad SMARTS) is 1. The number of aliphatic carboxylic acids is 1. The van der Waals surface area contributed by atoms with E-state index in [9.17, 15) is 4.79 Å². The van der Waals surface area contributed by atoms with Crippen molar-refractivity contribution in [2.45, 2.75) is 32.9 Å². The van der Waals surface area contributed by atoms with Crippen molar-refractivity contribution >= 4 is 5.97 Å². The van der Waals surface area contributed by atoms with Gasteiger partial charge in [-0.3, -0.25) is 4.79 Å². The highest BCUT2D eigenvalue weighted by Crippen LogP contribution is 2.04. The molecule has 0 aliphatic rings. The SMILES string of the molecule is CCn1cncc1Cn1cc(CCC(=O)O)nn1. The van der Waals surface area contributed by atoms with E-state index in [4.69, 9.17) is 5.11 Å². The fourth-order valence-corrected chi connectivity index (χ4v) is 1.70. The minimum Gasteiger partial charge on any atom is -0.481 e. The van der Waals surface area contributed by atoms with Crippen LogP contribution < -0.4 is 0 Å². The average molecular weight is 249 g/mol. The molecular weight excluding hydrogens is 234 g/mol. The molecule has 0 spiro atoms. The Labute approximate surface area is 104 Å². The zero-order valence-electron chi connectivity index (χ0n) is 10.2. The number of carbonyl (C=O) groups is 1. The summed E-state index contributed by atoms with van der Waals surface area (Å²) < 4.78 is 3.72. The first kappa shape index (κ1) is 12.3. The maximum absolute atomic E-state index is 10.5. The molecule has 1 N–H and O–H groups in total. The second kappa shape index (κ2) is 5.44. The Hall–Kier alpha value is -2.18. The first-order chi connectivity index (χ1) is 8.69. The van der Waals surface area contributed by atoms with E-state index in [2.05, 4.69) is 15.3 Å². The topological polar surface area (TPSA) is 85.8 Å². The van der Waals surface area contributed by atoms with Crippen LogP contribution in [0.2, 0.25) is 0 Å². The molecule has 2 aromatic rings. The van der Waals surface area contributed by atoms with Crippen LogP contribution in [-0.4, -0.2) is 35.6 Å². The van der Waals surface area contributed by atoms with Gasteiger partial charge in [-0.1, -0.05) is 5.21 Å². The summed E-state index contributed by atoms with van der Waals surface area (Å²) >= 11 is 0. The van der Waals surface area contributed by atoms with Crippen molar-refractivity contribution in [3.8, 4) is 0 Å². The van der Waals surface area contributed by atoms with Gasteiger partial charge in [0, 0.05) is 19.2 Å². The number of carboxylic acids is 1. The molecule has 0 aliphatic heterocycles. The molecule has 0 amide bonds. The minimum absolute atomic E-state index is 0.0750. The van der Waals surface area contributed by atoms with E-state index in [0.29, 0.717) is 18.7 Å². The van der Waals surface area contributed by atoms with Gasteiger partial charge in [-0.05, 0) is 6.92 Å². The molecule has 7 nitrogen and oxygen atoms in total. The molecule has 0 radical (unpaired) electrons. The van der Waals surface area contributed by atoms with Crippen molar-refractivity contribution in [1.82, 2.24) is 24.5 Å². The number of hydrogen-bond donors (Lipinski definition) is 1. The zero-order chi connectivity index (χ0) is 13.0. The second-order valence-electron chi connectivity index (χ2n) is 3.97. The van der Waals surface area contributed by atoms with Gasteiger partial charge in [0.25, 0.3) is 0 Å². The van der Waals surface area contributed by atoms with Gasteiger partial charge in [0.1, 0.15) is 0 Å². The quantitative estimate of drug-likeness (QED) is 0.808. The Morgan fingerprint density at radius 3 is 3.06 bits per heavy atom. The van der Waals surface area contributed by atoms with Crippen LogP contribution in [0.5, 0.6) is 0 Å². The average Bonchev–Trinajstić information content (AvgIpc) is 2.96. The molecule has 0 atom stereocenters. The van der Waals surface area contributed by atoms with Crippen molar-refractivity contribution < 1.29 is 9.90 Å². The van der Waals surface area contributed by atoms with E-state index in [1.165, 1.54) is 0 Å². The van der Waals surface area contributed by atoms with Crippen molar-refractivity contribution in [1.29, 1.82) is 0 Å². The van der Waals surface area contributed by atoms with E-state index in [1.807, 2.05) is 11.5 Å². The number of imidazole rings is 1. The first-order valence-electron chi connectivity index (χ1n) is 5.79. The third-order valence-corrected chi connectivity index (χ3v) is 2.64. The number of aryl methyl sites for hydroxylation is 2. The molecule has 2 heterocycles. The molecule has 0 aromatic carbocycles. The van der Waals surface area contributed by atoms with Gasteiger partial charge >= 0.3 is 5.97 Å². The van der Waals surface area contributed by atoms with Gasteiger partial charge < -0.3 is 9.67 Å².